The molecule has 0 aromatic carbocycles. The predicted molar refractivity (Wildman–Crippen MR) is 43.1 cm³/mol. The van der Waals surface area contributed by atoms with Crippen molar-refractivity contribution in [2.75, 3.05) is 0 Å². The zero-order chi connectivity index (χ0) is 8.10. The van der Waals surface area contributed by atoms with Crippen LogP contribution in [0, 0.1) is 0 Å². The van der Waals surface area contributed by atoms with Crippen LogP contribution in [-0.2, 0) is 0 Å². The number of carbonyl (C=O) groups is 1. The van der Waals surface area contributed by atoms with E-state index in [9.17, 15) is 4.79 Å². The molecule has 0 aromatic heterocycles. The van der Waals surface area contributed by atoms with Crippen LogP contribution in [-0.4, -0.2) is 11.7 Å². The van der Waals surface area contributed by atoms with Crippen LogP contribution in [0.3, 0.4) is 0 Å². The van der Waals surface area contributed by atoms with Crippen molar-refractivity contribution >= 4 is 11.7 Å². The SMILES string of the molecule is NC(=O)N/N=C1\CC=CCC1. The van der Waals surface area contributed by atoms with Gasteiger partial charge in [0.05, 0.1) is 0 Å². The molecule has 60 valence electrons. The van der Waals surface area contributed by atoms with Crippen LogP contribution in [0.5, 0.6) is 0 Å². The van der Waals surface area contributed by atoms with Crippen molar-refractivity contribution in [3.05, 3.63) is 12.2 Å². The van der Waals surface area contributed by atoms with Crippen molar-refractivity contribution in [3.63, 3.8) is 0 Å². The number of nitrogens with one attached hydrogen (secondary N) is 1. The summed E-state index contributed by atoms with van der Waals surface area (Å²) < 4.78 is 0. The molecule has 3 N–H and O–H groups in total. The van der Waals surface area contributed by atoms with Crippen LogP contribution in [0.25, 0.3) is 0 Å². The Morgan fingerprint density at radius 3 is 3.00 bits per heavy atom. The van der Waals surface area contributed by atoms with E-state index in [-0.39, 0.29) is 0 Å². The highest BCUT2D eigenvalue weighted by molar-refractivity contribution is 5.87. The van der Waals surface area contributed by atoms with E-state index in [1.165, 1.54) is 0 Å². The number of hydrogen-bond acceptors (Lipinski definition) is 2. The van der Waals surface area contributed by atoms with Crippen molar-refractivity contribution < 1.29 is 4.79 Å². The number of carbonyl (C=O) groups excluding carboxylic acids is 1. The molecule has 4 nitrogen and oxygen atoms in total. The molecular weight excluding hydrogens is 142 g/mol. The highest BCUT2D eigenvalue weighted by Gasteiger charge is 2.00. The van der Waals surface area contributed by atoms with Gasteiger partial charge < -0.3 is 5.73 Å². The van der Waals surface area contributed by atoms with Gasteiger partial charge in [-0.25, -0.2) is 10.2 Å². The Kier molecular flexibility index (Phi) is 2.66. The number of rotatable bonds is 1. The Hall–Kier alpha value is -1.32. The summed E-state index contributed by atoms with van der Waals surface area (Å²) in [6, 6.07) is -0.605. The fraction of sp³-hybridized carbons (Fsp3) is 0.429. The number of nitrogens with zero attached hydrogens (tertiary/aromatic N) is 1. The van der Waals surface area contributed by atoms with Crippen LogP contribution < -0.4 is 11.2 Å². The molecule has 4 heteroatoms. The van der Waals surface area contributed by atoms with E-state index in [0.717, 1.165) is 25.0 Å². The van der Waals surface area contributed by atoms with Crippen LogP contribution in [0.4, 0.5) is 4.79 Å². The Labute approximate surface area is 65.2 Å². The summed E-state index contributed by atoms with van der Waals surface area (Å²) in [4.78, 5) is 10.2. The third kappa shape index (κ3) is 2.84. The molecule has 0 atom stereocenters. The van der Waals surface area contributed by atoms with Gasteiger partial charge >= 0.3 is 6.03 Å². The van der Waals surface area contributed by atoms with Crippen LogP contribution in [0.15, 0.2) is 17.3 Å². The van der Waals surface area contributed by atoms with Gasteiger partial charge in [-0.15, -0.1) is 0 Å². The molecule has 0 spiro atoms. The van der Waals surface area contributed by atoms with Gasteiger partial charge in [0.1, 0.15) is 0 Å². The molecule has 0 fully saturated rings. The number of allylic oxidation sites excluding steroid dienone is 2. The summed E-state index contributed by atoms with van der Waals surface area (Å²) in [5, 5.41) is 3.82. The minimum Gasteiger partial charge on any atom is -0.350 e. The topological polar surface area (TPSA) is 67.5 Å². The Balaban J connectivity index is 2.40. The molecule has 0 aromatic rings. The average Bonchev–Trinajstić information content (AvgIpc) is 2.03. The first-order chi connectivity index (χ1) is 5.29. The fourth-order valence-electron chi connectivity index (χ4n) is 0.925. The lowest BCUT2D eigenvalue weighted by molar-refractivity contribution is 0.249. The first kappa shape index (κ1) is 7.78. The highest BCUT2D eigenvalue weighted by atomic mass is 16.2. The summed E-state index contributed by atoms with van der Waals surface area (Å²) in [6.07, 6.45) is 6.87. The zero-order valence-corrected chi connectivity index (χ0v) is 6.21. The van der Waals surface area contributed by atoms with Crippen molar-refractivity contribution in [1.82, 2.24) is 5.43 Å². The fourth-order valence-corrected chi connectivity index (χ4v) is 0.925. The van der Waals surface area contributed by atoms with Crippen LogP contribution in [0.1, 0.15) is 19.3 Å². The largest absolute Gasteiger partial charge is 0.350 e. The van der Waals surface area contributed by atoms with Crippen molar-refractivity contribution in [2.24, 2.45) is 10.8 Å². The number of hydrazone groups is 1. The van der Waals surface area contributed by atoms with E-state index in [2.05, 4.69) is 16.6 Å². The average molecular weight is 153 g/mol. The Morgan fingerprint density at radius 2 is 2.45 bits per heavy atom. The van der Waals surface area contributed by atoms with Crippen LogP contribution >= 0.6 is 0 Å². The van der Waals surface area contributed by atoms with E-state index in [1.54, 1.807) is 0 Å². The van der Waals surface area contributed by atoms with Gasteiger partial charge in [-0.2, -0.15) is 5.10 Å². The molecule has 2 amide bonds. The molecule has 1 aliphatic rings. The first-order valence-corrected chi connectivity index (χ1v) is 3.55. The van der Waals surface area contributed by atoms with Crippen molar-refractivity contribution in [3.8, 4) is 0 Å². The lowest BCUT2D eigenvalue weighted by Crippen LogP contribution is -2.25. The lowest BCUT2D eigenvalue weighted by atomic mass is 10.1. The number of amides is 2. The van der Waals surface area contributed by atoms with Crippen molar-refractivity contribution in [1.29, 1.82) is 0 Å². The molecule has 1 aliphatic carbocycles. The smallest absolute Gasteiger partial charge is 0.332 e. The third-order valence-electron chi connectivity index (χ3n) is 1.44. The highest BCUT2D eigenvalue weighted by Crippen LogP contribution is 2.06. The maximum atomic E-state index is 10.2. The predicted octanol–water partition coefficient (Wildman–Crippen LogP) is 0.751. The molecule has 1 rings (SSSR count). The summed E-state index contributed by atoms with van der Waals surface area (Å²) in [7, 11) is 0. The quantitative estimate of drug-likeness (QED) is 0.423. The number of primary amides is 1. The maximum Gasteiger partial charge on any atom is 0.332 e. The second kappa shape index (κ2) is 3.75. The molecule has 0 radical (unpaired) electrons. The minimum absolute atomic E-state index is 0.605. The first-order valence-electron chi connectivity index (χ1n) is 3.55. The van der Waals surface area contributed by atoms with Gasteiger partial charge in [-0.1, -0.05) is 12.2 Å². The monoisotopic (exact) mass is 153 g/mol. The van der Waals surface area contributed by atoms with Gasteiger partial charge in [0.15, 0.2) is 0 Å². The van der Waals surface area contributed by atoms with Crippen molar-refractivity contribution in [2.45, 2.75) is 19.3 Å². The summed E-state index contributed by atoms with van der Waals surface area (Å²) in [5.41, 5.74) is 8.02. The number of nitrogens with two attached hydrogens (primary N) is 1. The minimum atomic E-state index is -0.605. The Morgan fingerprint density at radius 1 is 1.64 bits per heavy atom. The molecule has 0 aliphatic heterocycles. The number of hydrogen-bond donors (Lipinski definition) is 2. The second-order valence-corrected chi connectivity index (χ2v) is 2.37. The molecule has 0 heterocycles. The maximum absolute atomic E-state index is 10.2. The summed E-state index contributed by atoms with van der Waals surface area (Å²) >= 11 is 0. The van der Waals surface area contributed by atoms with Gasteiger partial charge in [0.25, 0.3) is 0 Å². The molecule has 11 heavy (non-hydrogen) atoms. The van der Waals surface area contributed by atoms with Gasteiger partial charge in [-0.05, 0) is 12.8 Å². The zero-order valence-electron chi connectivity index (χ0n) is 6.21. The molecule has 0 bridgehead atoms. The summed E-state index contributed by atoms with van der Waals surface area (Å²) in [5.74, 6) is 0. The third-order valence-corrected chi connectivity index (χ3v) is 1.44. The van der Waals surface area contributed by atoms with E-state index in [0.29, 0.717) is 0 Å². The Bertz CT molecular complexity index is 208. The molecule has 0 saturated carbocycles. The van der Waals surface area contributed by atoms with Gasteiger partial charge in [-0.3, -0.25) is 0 Å². The standard InChI is InChI=1S/C7H11N3O/c8-7(11)10-9-6-4-2-1-3-5-6/h1-2H,3-5H2,(H3,8,10,11)/b9-6+. The second-order valence-electron chi connectivity index (χ2n) is 2.37. The molecular formula is C7H11N3O. The van der Waals surface area contributed by atoms with Gasteiger partial charge in [0, 0.05) is 12.1 Å². The summed E-state index contributed by atoms with van der Waals surface area (Å²) in [6.45, 7) is 0. The molecule has 0 unspecified atom stereocenters. The van der Waals surface area contributed by atoms with E-state index >= 15 is 0 Å². The number of urea groups is 1. The van der Waals surface area contributed by atoms with Crippen LogP contribution in [0.2, 0.25) is 0 Å². The van der Waals surface area contributed by atoms with E-state index in [4.69, 9.17) is 5.73 Å². The normalized spacial score (nSPS) is 20.2. The molecule has 0 saturated heterocycles. The van der Waals surface area contributed by atoms with E-state index < -0.39 is 6.03 Å². The lowest BCUT2D eigenvalue weighted by Gasteiger charge is -2.05. The van der Waals surface area contributed by atoms with E-state index in [1.807, 2.05) is 6.08 Å². The van der Waals surface area contributed by atoms with Gasteiger partial charge in [0.2, 0.25) is 0 Å².